The van der Waals surface area contributed by atoms with Crippen LogP contribution in [0.1, 0.15) is 5.56 Å². The van der Waals surface area contributed by atoms with Crippen LogP contribution in [0.25, 0.3) is 0 Å². The summed E-state index contributed by atoms with van der Waals surface area (Å²) in [6.07, 6.45) is 0. The lowest BCUT2D eigenvalue weighted by Gasteiger charge is -2.01. The molecule has 0 saturated carbocycles. The molecule has 0 spiro atoms. The zero-order chi connectivity index (χ0) is 9.03. The first-order valence-electron chi connectivity index (χ1n) is 3.33. The summed E-state index contributed by atoms with van der Waals surface area (Å²) < 4.78 is 21.9. The molecule has 0 fully saturated rings. The summed E-state index contributed by atoms with van der Waals surface area (Å²) in [4.78, 5) is 0. The minimum absolute atomic E-state index is 0.111. The van der Waals surface area contributed by atoms with Gasteiger partial charge in [-0.15, -0.1) is 0 Å². The van der Waals surface area contributed by atoms with Crippen molar-refractivity contribution < 1.29 is 8.39 Å². The second-order valence-corrected chi connectivity index (χ2v) is 3.62. The molecular weight excluding hydrogens is 176 g/mol. The number of hydrogen-bond donors (Lipinski definition) is 2. The lowest BCUT2D eigenvalue weighted by molar-refractivity contribution is 0.329. The normalized spacial score (nSPS) is 15.4. The lowest BCUT2D eigenvalue weighted by atomic mass is 10.2. The minimum atomic E-state index is -3.32. The summed E-state index contributed by atoms with van der Waals surface area (Å²) >= 11 is 0. The van der Waals surface area contributed by atoms with E-state index in [0.29, 0.717) is 0 Å². The molecule has 5 heteroatoms. The van der Waals surface area contributed by atoms with Gasteiger partial charge in [-0.1, -0.05) is 30.3 Å². The van der Waals surface area contributed by atoms with Gasteiger partial charge >= 0.3 is 0 Å². The van der Waals surface area contributed by atoms with E-state index in [2.05, 4.69) is 4.18 Å². The van der Waals surface area contributed by atoms with Crippen LogP contribution in [-0.2, 0) is 21.0 Å². The van der Waals surface area contributed by atoms with Gasteiger partial charge in [0.2, 0.25) is 10.2 Å². The molecule has 0 aliphatic rings. The summed E-state index contributed by atoms with van der Waals surface area (Å²) in [5.74, 6) is 0. The van der Waals surface area contributed by atoms with Crippen molar-refractivity contribution in [3.8, 4) is 0 Å². The number of nitrogens with two attached hydrogens (primary N) is 1. The highest BCUT2D eigenvalue weighted by Gasteiger charge is 1.97. The number of rotatable bonds is 3. The fourth-order valence-electron chi connectivity index (χ4n) is 0.730. The average molecular weight is 186 g/mol. The average Bonchev–Trinajstić information content (AvgIpc) is 2.02. The fourth-order valence-corrected chi connectivity index (χ4v) is 1.04. The van der Waals surface area contributed by atoms with Crippen molar-refractivity contribution in [1.82, 2.24) is 0 Å². The third-order valence-electron chi connectivity index (χ3n) is 1.24. The number of hydrogen-bond acceptors (Lipinski definition) is 3. The molecule has 1 unspecified atom stereocenters. The van der Waals surface area contributed by atoms with Crippen LogP contribution < -0.4 is 5.14 Å². The highest BCUT2D eigenvalue weighted by molar-refractivity contribution is 7.85. The SMILES string of the molecule is N=S(N)(=O)OCc1ccccc1. The third kappa shape index (κ3) is 3.47. The van der Waals surface area contributed by atoms with Crippen molar-refractivity contribution in [2.24, 2.45) is 5.14 Å². The maximum Gasteiger partial charge on any atom is 0.226 e. The summed E-state index contributed by atoms with van der Waals surface area (Å²) in [5, 5.41) is 4.86. The van der Waals surface area contributed by atoms with Gasteiger partial charge < -0.3 is 0 Å². The molecule has 1 aromatic carbocycles. The van der Waals surface area contributed by atoms with E-state index in [4.69, 9.17) is 9.92 Å². The van der Waals surface area contributed by atoms with Crippen LogP contribution in [0.2, 0.25) is 0 Å². The van der Waals surface area contributed by atoms with Gasteiger partial charge in [0.05, 0.1) is 6.61 Å². The first-order chi connectivity index (χ1) is 5.58. The molecule has 0 bridgehead atoms. The molecule has 0 saturated heterocycles. The van der Waals surface area contributed by atoms with Crippen molar-refractivity contribution >= 4 is 10.2 Å². The minimum Gasteiger partial charge on any atom is -0.269 e. The van der Waals surface area contributed by atoms with Crippen molar-refractivity contribution in [2.75, 3.05) is 0 Å². The smallest absolute Gasteiger partial charge is 0.226 e. The molecule has 12 heavy (non-hydrogen) atoms. The monoisotopic (exact) mass is 186 g/mol. The maximum absolute atomic E-state index is 10.6. The van der Waals surface area contributed by atoms with Gasteiger partial charge in [0.15, 0.2) is 0 Å². The van der Waals surface area contributed by atoms with E-state index < -0.39 is 10.2 Å². The Hall–Kier alpha value is -0.910. The van der Waals surface area contributed by atoms with Gasteiger partial charge in [0.25, 0.3) is 0 Å². The number of nitrogens with one attached hydrogen (secondary N) is 1. The van der Waals surface area contributed by atoms with Gasteiger partial charge in [-0.25, -0.2) is 14.1 Å². The number of benzene rings is 1. The first-order valence-corrected chi connectivity index (χ1v) is 4.87. The van der Waals surface area contributed by atoms with Crippen molar-refractivity contribution in [2.45, 2.75) is 6.61 Å². The maximum atomic E-state index is 10.6. The molecule has 3 N–H and O–H groups in total. The van der Waals surface area contributed by atoms with E-state index in [1.165, 1.54) is 0 Å². The van der Waals surface area contributed by atoms with Crippen LogP contribution in [0.4, 0.5) is 0 Å². The molecule has 0 radical (unpaired) electrons. The van der Waals surface area contributed by atoms with Crippen LogP contribution in [0.5, 0.6) is 0 Å². The van der Waals surface area contributed by atoms with Crippen LogP contribution >= 0.6 is 0 Å². The Bertz CT molecular complexity index is 334. The molecule has 4 nitrogen and oxygen atoms in total. The predicted octanol–water partition coefficient (Wildman–Crippen LogP) is 1.04. The van der Waals surface area contributed by atoms with Gasteiger partial charge in [-0.3, -0.25) is 4.18 Å². The van der Waals surface area contributed by atoms with E-state index in [9.17, 15) is 4.21 Å². The summed E-state index contributed by atoms with van der Waals surface area (Å²) in [6, 6.07) is 9.16. The van der Waals surface area contributed by atoms with Crippen LogP contribution in [0.15, 0.2) is 30.3 Å². The van der Waals surface area contributed by atoms with Gasteiger partial charge in [-0.2, -0.15) is 0 Å². The molecule has 1 rings (SSSR count). The van der Waals surface area contributed by atoms with E-state index in [0.717, 1.165) is 5.56 Å². The molecule has 0 heterocycles. The molecule has 0 amide bonds. The second kappa shape index (κ2) is 3.66. The second-order valence-electron chi connectivity index (χ2n) is 2.29. The summed E-state index contributed by atoms with van der Waals surface area (Å²) in [6.45, 7) is 0.111. The standard InChI is InChI=1S/C7H10N2O2S/c8-12(9,10)11-6-7-4-2-1-3-5-7/h1-5H,6H2,(H3,8,9,10). The molecular formula is C7H10N2O2S. The first kappa shape index (κ1) is 9.18. The van der Waals surface area contributed by atoms with E-state index in [1.54, 1.807) is 0 Å². The van der Waals surface area contributed by atoms with E-state index >= 15 is 0 Å². The van der Waals surface area contributed by atoms with Crippen LogP contribution in [0.3, 0.4) is 0 Å². The van der Waals surface area contributed by atoms with Gasteiger partial charge in [-0.05, 0) is 5.56 Å². The molecule has 0 aliphatic heterocycles. The Morgan fingerprint density at radius 2 is 2.00 bits per heavy atom. The Morgan fingerprint density at radius 1 is 1.42 bits per heavy atom. The molecule has 1 atom stereocenters. The van der Waals surface area contributed by atoms with Crippen molar-refractivity contribution in [3.63, 3.8) is 0 Å². The Kier molecular flexibility index (Phi) is 2.80. The Morgan fingerprint density at radius 3 is 2.50 bits per heavy atom. The zero-order valence-electron chi connectivity index (χ0n) is 6.40. The van der Waals surface area contributed by atoms with E-state index in [1.807, 2.05) is 30.3 Å². The fraction of sp³-hybridized carbons (Fsp3) is 0.143. The van der Waals surface area contributed by atoms with E-state index in [-0.39, 0.29) is 6.61 Å². The lowest BCUT2D eigenvalue weighted by Crippen LogP contribution is -2.13. The molecule has 66 valence electrons. The predicted molar refractivity (Wildman–Crippen MR) is 46.3 cm³/mol. The van der Waals surface area contributed by atoms with Crippen molar-refractivity contribution in [3.05, 3.63) is 35.9 Å². The topological polar surface area (TPSA) is 76.2 Å². The van der Waals surface area contributed by atoms with Crippen molar-refractivity contribution in [1.29, 1.82) is 4.78 Å². The molecule has 0 aromatic heterocycles. The Balaban J connectivity index is 2.56. The zero-order valence-corrected chi connectivity index (χ0v) is 7.21. The summed E-state index contributed by atoms with van der Waals surface area (Å²) in [5.41, 5.74) is 0.850. The van der Waals surface area contributed by atoms with Crippen LogP contribution in [0, 0.1) is 4.78 Å². The quantitative estimate of drug-likeness (QED) is 0.739. The Labute approximate surface area is 71.7 Å². The van der Waals surface area contributed by atoms with Crippen LogP contribution in [-0.4, -0.2) is 4.21 Å². The molecule has 0 aliphatic carbocycles. The van der Waals surface area contributed by atoms with Gasteiger partial charge in [0.1, 0.15) is 0 Å². The molecule has 1 aromatic rings. The van der Waals surface area contributed by atoms with Gasteiger partial charge in [0, 0.05) is 0 Å². The third-order valence-corrected chi connectivity index (χ3v) is 1.71. The highest BCUT2D eigenvalue weighted by Crippen LogP contribution is 2.01. The summed E-state index contributed by atoms with van der Waals surface area (Å²) in [7, 11) is -3.32. The highest BCUT2D eigenvalue weighted by atomic mass is 32.2. The largest absolute Gasteiger partial charge is 0.269 e.